The zero-order valence-electron chi connectivity index (χ0n) is 14.3. The topological polar surface area (TPSA) is 54.0 Å². The highest BCUT2D eigenvalue weighted by Gasteiger charge is 2.21. The number of hydrogen-bond acceptors (Lipinski definition) is 4. The first-order valence-electron chi connectivity index (χ1n) is 8.06. The third kappa shape index (κ3) is 5.11. The van der Waals surface area contributed by atoms with Crippen LogP contribution in [0.4, 0.5) is 10.5 Å². The van der Waals surface area contributed by atoms with Gasteiger partial charge in [0, 0.05) is 46.4 Å². The van der Waals surface area contributed by atoms with Gasteiger partial charge in [-0.2, -0.15) is 0 Å². The molecule has 6 nitrogen and oxygen atoms in total. The van der Waals surface area contributed by atoms with E-state index < -0.39 is 0 Å². The summed E-state index contributed by atoms with van der Waals surface area (Å²) in [6.07, 6.45) is 1.03. The summed E-state index contributed by atoms with van der Waals surface area (Å²) < 4.78 is 10.4. The Morgan fingerprint density at radius 2 is 1.96 bits per heavy atom. The summed E-state index contributed by atoms with van der Waals surface area (Å²) in [6, 6.07) is 5.70. The molecule has 0 spiro atoms. The van der Waals surface area contributed by atoms with Crippen LogP contribution in [0.3, 0.4) is 0 Å². The highest BCUT2D eigenvalue weighted by atomic mass is 16.5. The number of nitrogens with one attached hydrogen (secondary N) is 1. The molecule has 1 heterocycles. The Kier molecular flexibility index (Phi) is 6.67. The molecule has 2 rings (SSSR count). The van der Waals surface area contributed by atoms with E-state index in [2.05, 4.69) is 10.2 Å². The van der Waals surface area contributed by atoms with Gasteiger partial charge in [0.2, 0.25) is 0 Å². The number of amides is 2. The van der Waals surface area contributed by atoms with Gasteiger partial charge in [-0.1, -0.05) is 6.07 Å². The van der Waals surface area contributed by atoms with E-state index in [0.717, 1.165) is 57.0 Å². The summed E-state index contributed by atoms with van der Waals surface area (Å²) in [6.45, 7) is 7.10. The Morgan fingerprint density at radius 3 is 2.61 bits per heavy atom. The van der Waals surface area contributed by atoms with Crippen molar-refractivity contribution < 1.29 is 14.3 Å². The molecule has 0 atom stereocenters. The molecule has 0 aliphatic carbocycles. The van der Waals surface area contributed by atoms with Crippen molar-refractivity contribution in [1.29, 1.82) is 0 Å². The van der Waals surface area contributed by atoms with Crippen LogP contribution in [0.25, 0.3) is 0 Å². The number of methoxy groups -OCH3 is 2. The summed E-state index contributed by atoms with van der Waals surface area (Å²) in [7, 11) is 3.33. The molecule has 0 unspecified atom stereocenters. The fourth-order valence-electron chi connectivity index (χ4n) is 2.72. The van der Waals surface area contributed by atoms with Crippen LogP contribution in [0.5, 0.6) is 5.75 Å². The van der Waals surface area contributed by atoms with Crippen molar-refractivity contribution in [3.63, 3.8) is 0 Å². The second-order valence-electron chi connectivity index (χ2n) is 5.81. The van der Waals surface area contributed by atoms with Gasteiger partial charge in [0.05, 0.1) is 12.8 Å². The lowest BCUT2D eigenvalue weighted by Gasteiger charge is -2.34. The standard InChI is InChI=1S/C17H27N3O3/c1-14-5-6-16(23-3)15(13-14)18-17(21)20-10-8-19(9-11-20)7-4-12-22-2/h5-6,13H,4,7-12H2,1-3H3,(H,18,21). The summed E-state index contributed by atoms with van der Waals surface area (Å²) >= 11 is 0. The molecule has 6 heteroatoms. The molecular formula is C17H27N3O3. The smallest absolute Gasteiger partial charge is 0.322 e. The molecule has 0 bridgehead atoms. The van der Waals surface area contributed by atoms with Crippen LogP contribution in [-0.4, -0.2) is 69.4 Å². The zero-order chi connectivity index (χ0) is 16.7. The van der Waals surface area contributed by atoms with E-state index in [1.54, 1.807) is 14.2 Å². The van der Waals surface area contributed by atoms with Gasteiger partial charge in [-0.25, -0.2) is 4.79 Å². The van der Waals surface area contributed by atoms with Gasteiger partial charge in [-0.05, 0) is 31.0 Å². The fraction of sp³-hybridized carbons (Fsp3) is 0.588. The lowest BCUT2D eigenvalue weighted by Crippen LogP contribution is -2.50. The van der Waals surface area contributed by atoms with Crippen LogP contribution in [-0.2, 0) is 4.74 Å². The molecule has 128 valence electrons. The predicted octanol–water partition coefficient (Wildman–Crippen LogP) is 2.19. The Labute approximate surface area is 138 Å². The number of aryl methyl sites for hydroxylation is 1. The van der Waals surface area contributed by atoms with Crippen LogP contribution in [0.1, 0.15) is 12.0 Å². The maximum absolute atomic E-state index is 12.4. The van der Waals surface area contributed by atoms with E-state index in [1.165, 1.54) is 0 Å². The van der Waals surface area contributed by atoms with Crippen LogP contribution < -0.4 is 10.1 Å². The lowest BCUT2D eigenvalue weighted by atomic mass is 10.2. The number of anilines is 1. The van der Waals surface area contributed by atoms with E-state index in [4.69, 9.17) is 9.47 Å². The van der Waals surface area contributed by atoms with Crippen LogP contribution in [0.2, 0.25) is 0 Å². The number of ether oxygens (including phenoxy) is 2. The Morgan fingerprint density at radius 1 is 1.22 bits per heavy atom. The van der Waals surface area contributed by atoms with Crippen molar-refractivity contribution >= 4 is 11.7 Å². The van der Waals surface area contributed by atoms with E-state index >= 15 is 0 Å². The maximum Gasteiger partial charge on any atom is 0.322 e. The van der Waals surface area contributed by atoms with Crippen molar-refractivity contribution in [3.05, 3.63) is 23.8 Å². The summed E-state index contributed by atoms with van der Waals surface area (Å²) in [5.74, 6) is 0.683. The second kappa shape index (κ2) is 8.74. The molecule has 1 aromatic carbocycles. The molecule has 1 fully saturated rings. The number of carbonyl (C=O) groups is 1. The van der Waals surface area contributed by atoms with E-state index in [9.17, 15) is 4.79 Å². The number of benzene rings is 1. The highest BCUT2D eigenvalue weighted by molar-refractivity contribution is 5.91. The molecular weight excluding hydrogens is 294 g/mol. The first kappa shape index (κ1) is 17.6. The molecule has 0 aromatic heterocycles. The van der Waals surface area contributed by atoms with Gasteiger partial charge >= 0.3 is 6.03 Å². The summed E-state index contributed by atoms with van der Waals surface area (Å²) in [5.41, 5.74) is 1.81. The highest BCUT2D eigenvalue weighted by Crippen LogP contribution is 2.25. The Bertz CT molecular complexity index is 514. The van der Waals surface area contributed by atoms with Crippen LogP contribution in [0, 0.1) is 6.92 Å². The van der Waals surface area contributed by atoms with Crippen molar-refractivity contribution in [2.45, 2.75) is 13.3 Å². The van der Waals surface area contributed by atoms with Gasteiger partial charge in [0.15, 0.2) is 0 Å². The number of hydrogen-bond donors (Lipinski definition) is 1. The first-order valence-corrected chi connectivity index (χ1v) is 8.06. The molecule has 1 aliphatic rings. The third-order valence-corrected chi connectivity index (χ3v) is 4.08. The Hall–Kier alpha value is -1.79. The maximum atomic E-state index is 12.4. The molecule has 0 radical (unpaired) electrons. The predicted molar refractivity (Wildman–Crippen MR) is 91.3 cm³/mol. The molecule has 1 aliphatic heterocycles. The van der Waals surface area contributed by atoms with E-state index in [0.29, 0.717) is 5.75 Å². The van der Waals surface area contributed by atoms with Crippen LogP contribution in [0.15, 0.2) is 18.2 Å². The largest absolute Gasteiger partial charge is 0.495 e. The number of carbonyl (C=O) groups excluding carboxylic acids is 1. The van der Waals surface area contributed by atoms with Gasteiger partial charge < -0.3 is 19.7 Å². The van der Waals surface area contributed by atoms with Crippen molar-refractivity contribution in [2.75, 3.05) is 58.9 Å². The van der Waals surface area contributed by atoms with Gasteiger partial charge in [0.1, 0.15) is 5.75 Å². The minimum absolute atomic E-state index is 0.0644. The van der Waals surface area contributed by atoms with Crippen molar-refractivity contribution in [1.82, 2.24) is 9.80 Å². The van der Waals surface area contributed by atoms with E-state index in [-0.39, 0.29) is 6.03 Å². The summed E-state index contributed by atoms with van der Waals surface area (Å²) in [4.78, 5) is 16.7. The van der Waals surface area contributed by atoms with Crippen molar-refractivity contribution in [2.24, 2.45) is 0 Å². The molecule has 2 amide bonds. The van der Waals surface area contributed by atoms with Crippen molar-refractivity contribution in [3.8, 4) is 5.75 Å². The number of piperazine rings is 1. The minimum Gasteiger partial charge on any atom is -0.495 e. The monoisotopic (exact) mass is 321 g/mol. The molecule has 23 heavy (non-hydrogen) atoms. The average Bonchev–Trinajstić information content (AvgIpc) is 2.56. The number of nitrogens with zero attached hydrogens (tertiary/aromatic N) is 2. The normalized spacial score (nSPS) is 15.5. The quantitative estimate of drug-likeness (QED) is 0.816. The first-order chi connectivity index (χ1) is 11.1. The second-order valence-corrected chi connectivity index (χ2v) is 5.81. The van der Waals surface area contributed by atoms with E-state index in [1.807, 2.05) is 30.0 Å². The SMILES string of the molecule is COCCCN1CCN(C(=O)Nc2cc(C)ccc2OC)CC1. The number of rotatable bonds is 6. The zero-order valence-corrected chi connectivity index (χ0v) is 14.3. The Balaban J connectivity index is 1.84. The molecule has 1 saturated heterocycles. The number of urea groups is 1. The minimum atomic E-state index is -0.0644. The summed E-state index contributed by atoms with van der Waals surface area (Å²) in [5, 5.41) is 2.96. The van der Waals surface area contributed by atoms with Gasteiger partial charge in [-0.15, -0.1) is 0 Å². The average molecular weight is 321 g/mol. The lowest BCUT2D eigenvalue weighted by molar-refractivity contribution is 0.130. The molecule has 1 N–H and O–H groups in total. The van der Waals surface area contributed by atoms with Gasteiger partial charge in [-0.3, -0.25) is 4.90 Å². The molecule has 1 aromatic rings. The fourth-order valence-corrected chi connectivity index (χ4v) is 2.72. The van der Waals surface area contributed by atoms with Gasteiger partial charge in [0.25, 0.3) is 0 Å². The third-order valence-electron chi connectivity index (χ3n) is 4.08. The molecule has 0 saturated carbocycles. The van der Waals surface area contributed by atoms with Crippen LogP contribution >= 0.6 is 0 Å².